The fourth-order valence-corrected chi connectivity index (χ4v) is 10.4. The summed E-state index contributed by atoms with van der Waals surface area (Å²) in [6.45, 7) is 0. The number of para-hydroxylation sites is 4. The van der Waals surface area contributed by atoms with Crippen molar-refractivity contribution in [2.24, 2.45) is 0 Å². The number of rotatable bonds is 5. The molecule has 0 fully saturated rings. The highest BCUT2D eigenvalue weighted by Gasteiger charge is 2.20. The third-order valence-electron chi connectivity index (χ3n) is 13.1. The molecule has 0 saturated heterocycles. The standard InChI is InChI=1S/C60H37N3O/c1-3-14-38(15-4-1)44-21-13-25-58-60(44)49-31-29-43(37-59(49)64-58)63-54-24-12-9-20-47(54)51-35-40(27-33-56(51)63)39-26-32-55-50(34-39)46-19-8-11-23-53(46)62(55)42-28-30-48-45-18-7-10-22-52(45)61(57(48)36-42)41-16-5-2-6-17-41/h1-37H/i1D,3D,4D,14D,15D. The predicted octanol–water partition coefficient (Wildman–Crippen LogP) is 16.2. The first kappa shape index (κ1) is 30.4. The van der Waals surface area contributed by atoms with Gasteiger partial charge in [0.25, 0.3) is 0 Å². The maximum Gasteiger partial charge on any atom is 0.137 e. The fourth-order valence-electron chi connectivity index (χ4n) is 10.4. The summed E-state index contributed by atoms with van der Waals surface area (Å²) < 4.78 is 55.8. The second-order valence-electron chi connectivity index (χ2n) is 16.5. The molecule has 4 nitrogen and oxygen atoms in total. The van der Waals surface area contributed by atoms with E-state index in [1.165, 1.54) is 27.1 Å². The van der Waals surface area contributed by atoms with Crippen LogP contribution < -0.4 is 0 Å². The van der Waals surface area contributed by atoms with Gasteiger partial charge in [-0.2, -0.15) is 0 Å². The first-order chi connectivity index (χ1) is 33.8. The van der Waals surface area contributed by atoms with Gasteiger partial charge in [-0.05, 0) is 107 Å². The summed E-state index contributed by atoms with van der Waals surface area (Å²) >= 11 is 0. The summed E-state index contributed by atoms with van der Waals surface area (Å²) in [5, 5.41) is 8.58. The van der Waals surface area contributed by atoms with Crippen molar-refractivity contribution in [1.29, 1.82) is 0 Å². The Labute approximate surface area is 374 Å². The van der Waals surface area contributed by atoms with Crippen LogP contribution in [0.1, 0.15) is 6.85 Å². The molecule has 0 aliphatic rings. The minimum Gasteiger partial charge on any atom is -0.456 e. The van der Waals surface area contributed by atoms with E-state index >= 15 is 0 Å². The van der Waals surface area contributed by atoms with E-state index in [2.05, 4.69) is 177 Å². The summed E-state index contributed by atoms with van der Waals surface area (Å²) in [7, 11) is 0. The van der Waals surface area contributed by atoms with Crippen LogP contribution >= 0.6 is 0 Å². The molecule has 0 radical (unpaired) electrons. The van der Waals surface area contributed by atoms with Gasteiger partial charge < -0.3 is 18.1 Å². The lowest BCUT2D eigenvalue weighted by atomic mass is 9.99. The summed E-state index contributed by atoms with van der Waals surface area (Å²) in [4.78, 5) is 0. The smallest absolute Gasteiger partial charge is 0.137 e. The van der Waals surface area contributed by atoms with Gasteiger partial charge in [-0.1, -0.05) is 133 Å². The molecule has 298 valence electrons. The van der Waals surface area contributed by atoms with E-state index in [0.717, 1.165) is 71.9 Å². The SMILES string of the molecule is [2H]c1c([2H])c([2H])c(-c2cccc3oc4cc(-n5c6ccccc6c6cc(-c7ccc8c(c7)c7ccccc7n8-c7ccc8c9ccccc9n(-c9ccccc9)c8c7)ccc65)ccc4c23)c([2H])c1[2H]. The summed E-state index contributed by atoms with van der Waals surface area (Å²) in [6, 6.07) is 66.7. The quantitative estimate of drug-likeness (QED) is 0.170. The normalized spacial score (nSPS) is 13.2. The average molecular weight is 821 g/mol. The molecule has 10 aromatic carbocycles. The van der Waals surface area contributed by atoms with Crippen molar-refractivity contribution in [3.8, 4) is 39.3 Å². The number of furan rings is 1. The molecule has 0 saturated carbocycles. The number of nitrogens with zero attached hydrogens (tertiary/aromatic N) is 3. The van der Waals surface area contributed by atoms with Crippen LogP contribution in [0.2, 0.25) is 0 Å². The van der Waals surface area contributed by atoms with Crippen LogP contribution in [0.15, 0.2) is 229 Å². The van der Waals surface area contributed by atoms with Gasteiger partial charge in [-0.3, -0.25) is 0 Å². The van der Waals surface area contributed by atoms with Gasteiger partial charge in [0, 0.05) is 66.2 Å². The van der Waals surface area contributed by atoms with Crippen molar-refractivity contribution in [2.75, 3.05) is 0 Å². The Kier molecular flexibility index (Phi) is 6.39. The number of hydrogen-bond donors (Lipinski definition) is 0. The summed E-state index contributed by atoms with van der Waals surface area (Å²) in [6.07, 6.45) is 0. The van der Waals surface area contributed by atoms with E-state index in [4.69, 9.17) is 11.3 Å². The van der Waals surface area contributed by atoms with Crippen molar-refractivity contribution in [2.45, 2.75) is 0 Å². The highest BCUT2D eigenvalue weighted by molar-refractivity contribution is 6.16. The van der Waals surface area contributed by atoms with E-state index in [9.17, 15) is 0 Å². The lowest BCUT2D eigenvalue weighted by molar-refractivity contribution is 0.668. The Morgan fingerprint density at radius 2 is 0.828 bits per heavy atom. The van der Waals surface area contributed by atoms with Gasteiger partial charge in [-0.25, -0.2) is 0 Å². The molecular weight excluding hydrogens is 779 g/mol. The molecule has 0 atom stereocenters. The lowest BCUT2D eigenvalue weighted by Gasteiger charge is -2.11. The van der Waals surface area contributed by atoms with Crippen molar-refractivity contribution in [3.63, 3.8) is 0 Å². The van der Waals surface area contributed by atoms with Crippen LogP contribution in [0.25, 0.3) is 127 Å². The Morgan fingerprint density at radius 3 is 1.47 bits per heavy atom. The first-order valence-corrected chi connectivity index (χ1v) is 21.5. The molecule has 4 heterocycles. The topological polar surface area (TPSA) is 27.9 Å². The van der Waals surface area contributed by atoms with Crippen molar-refractivity contribution < 1.29 is 11.3 Å². The molecule has 0 N–H and O–H groups in total. The zero-order valence-corrected chi connectivity index (χ0v) is 34.2. The van der Waals surface area contributed by atoms with Crippen LogP contribution in [0.4, 0.5) is 0 Å². The van der Waals surface area contributed by atoms with Crippen molar-refractivity contribution in [3.05, 3.63) is 224 Å². The largest absolute Gasteiger partial charge is 0.456 e. The van der Waals surface area contributed by atoms with Crippen LogP contribution in [-0.4, -0.2) is 13.7 Å². The molecule has 0 aliphatic heterocycles. The summed E-state index contributed by atoms with van der Waals surface area (Å²) in [5.74, 6) is 0. The number of hydrogen-bond acceptors (Lipinski definition) is 1. The molecule has 0 spiro atoms. The van der Waals surface area contributed by atoms with E-state index in [-0.39, 0.29) is 29.7 Å². The summed E-state index contributed by atoms with van der Waals surface area (Å²) in [5.41, 5.74) is 14.0. The zero-order chi connectivity index (χ0) is 46.2. The van der Waals surface area contributed by atoms with Crippen molar-refractivity contribution in [1.82, 2.24) is 13.7 Å². The predicted molar refractivity (Wildman–Crippen MR) is 268 cm³/mol. The van der Waals surface area contributed by atoms with E-state index in [1.807, 2.05) is 18.2 Å². The minimum absolute atomic E-state index is 0.155. The highest BCUT2D eigenvalue weighted by atomic mass is 16.3. The first-order valence-electron chi connectivity index (χ1n) is 24.0. The third kappa shape index (κ3) is 5.05. The van der Waals surface area contributed by atoms with Gasteiger partial charge in [0.2, 0.25) is 0 Å². The van der Waals surface area contributed by atoms with Gasteiger partial charge >= 0.3 is 0 Å². The van der Waals surface area contributed by atoms with Gasteiger partial charge in [-0.15, -0.1) is 0 Å². The fraction of sp³-hybridized carbons (Fsp3) is 0. The molecule has 4 heteroatoms. The zero-order valence-electron chi connectivity index (χ0n) is 39.2. The van der Waals surface area contributed by atoms with E-state index in [0.29, 0.717) is 22.1 Å². The van der Waals surface area contributed by atoms with Crippen molar-refractivity contribution >= 4 is 87.4 Å². The highest BCUT2D eigenvalue weighted by Crippen LogP contribution is 2.42. The van der Waals surface area contributed by atoms with Crippen LogP contribution in [0.3, 0.4) is 0 Å². The molecule has 4 aromatic heterocycles. The van der Waals surface area contributed by atoms with Gasteiger partial charge in [0.15, 0.2) is 0 Å². The number of benzene rings is 10. The van der Waals surface area contributed by atoms with E-state index < -0.39 is 6.04 Å². The lowest BCUT2D eigenvalue weighted by Crippen LogP contribution is -1.96. The minimum atomic E-state index is -0.416. The third-order valence-corrected chi connectivity index (χ3v) is 13.1. The second kappa shape index (κ2) is 13.4. The number of fused-ring (bicyclic) bond motifs is 12. The molecule has 0 amide bonds. The second-order valence-corrected chi connectivity index (χ2v) is 16.5. The maximum absolute atomic E-state index is 8.72. The maximum atomic E-state index is 8.72. The number of aromatic nitrogens is 3. The monoisotopic (exact) mass is 820 g/mol. The average Bonchev–Trinajstić information content (AvgIpc) is 4.13. The molecule has 0 bridgehead atoms. The Hall–Kier alpha value is -8.60. The molecule has 64 heavy (non-hydrogen) atoms. The molecule has 0 aliphatic carbocycles. The Morgan fingerprint density at radius 1 is 0.312 bits per heavy atom. The van der Waals surface area contributed by atoms with E-state index in [1.54, 1.807) is 12.1 Å². The van der Waals surface area contributed by atoms with Crippen LogP contribution in [-0.2, 0) is 0 Å². The Bertz CT molecular complexity index is 4470. The molecule has 14 aromatic rings. The van der Waals surface area contributed by atoms with Gasteiger partial charge in [0.1, 0.15) is 11.2 Å². The molecule has 14 rings (SSSR count). The molecular formula is C60H37N3O. The molecule has 0 unspecified atom stereocenters. The van der Waals surface area contributed by atoms with Crippen LogP contribution in [0, 0.1) is 0 Å². The van der Waals surface area contributed by atoms with Gasteiger partial charge in [0.05, 0.1) is 40.0 Å². The van der Waals surface area contributed by atoms with Crippen LogP contribution in [0.5, 0.6) is 0 Å². The Balaban J connectivity index is 0.899.